The number of nitrogens with one attached hydrogen (secondary N) is 1. The molecule has 1 aromatic heterocycles. The number of anilines is 1. The lowest BCUT2D eigenvalue weighted by Crippen LogP contribution is -2.14. The van der Waals surface area contributed by atoms with Crippen LogP contribution >= 0.6 is 11.6 Å². The van der Waals surface area contributed by atoms with Gasteiger partial charge in [-0.3, -0.25) is 0 Å². The number of aromatic hydroxyl groups is 1. The van der Waals surface area contributed by atoms with Gasteiger partial charge in [0.1, 0.15) is 11.3 Å². The third-order valence-electron chi connectivity index (χ3n) is 5.04. The molecule has 0 aliphatic heterocycles. The van der Waals surface area contributed by atoms with Gasteiger partial charge in [-0.1, -0.05) is 60.1 Å². The van der Waals surface area contributed by atoms with E-state index in [4.69, 9.17) is 11.6 Å². The van der Waals surface area contributed by atoms with Crippen LogP contribution in [-0.4, -0.2) is 10.1 Å². The van der Waals surface area contributed by atoms with E-state index in [-0.39, 0.29) is 16.5 Å². The molecule has 158 valence electrons. The molecule has 0 fully saturated rings. The first kappa shape index (κ1) is 21.0. The Bertz CT molecular complexity index is 1240. The van der Waals surface area contributed by atoms with Crippen LogP contribution in [0.1, 0.15) is 28.4 Å². The van der Waals surface area contributed by atoms with E-state index in [1.165, 1.54) is 6.07 Å². The number of phenolic OH excluding ortho intramolecular Hbond substituents is 1. The summed E-state index contributed by atoms with van der Waals surface area (Å²) >= 11 is 6.22. The van der Waals surface area contributed by atoms with Crippen LogP contribution in [0.3, 0.4) is 0 Å². The number of pyridine rings is 1. The summed E-state index contributed by atoms with van der Waals surface area (Å²) in [5.41, 5.74) is 1.69. The van der Waals surface area contributed by atoms with Crippen molar-refractivity contribution in [3.63, 3.8) is 0 Å². The highest BCUT2D eigenvalue weighted by molar-refractivity contribution is 6.33. The summed E-state index contributed by atoms with van der Waals surface area (Å²) in [6.07, 6.45) is -4.50. The number of fused-ring (bicyclic) bond motifs is 1. The van der Waals surface area contributed by atoms with Crippen molar-refractivity contribution in [3.8, 4) is 5.75 Å². The Balaban J connectivity index is 1.86. The zero-order chi connectivity index (χ0) is 22.2. The van der Waals surface area contributed by atoms with E-state index in [1.54, 1.807) is 6.07 Å². The maximum Gasteiger partial charge on any atom is 0.416 e. The van der Waals surface area contributed by atoms with Crippen molar-refractivity contribution in [1.29, 1.82) is 0 Å². The molecule has 1 atom stereocenters. The van der Waals surface area contributed by atoms with E-state index in [0.717, 1.165) is 28.8 Å². The average Bonchev–Trinajstić information content (AvgIpc) is 2.74. The molecule has 0 aliphatic rings. The summed E-state index contributed by atoms with van der Waals surface area (Å²) in [6.45, 7) is 1.82. The zero-order valence-corrected chi connectivity index (χ0v) is 17.2. The van der Waals surface area contributed by atoms with Gasteiger partial charge in [-0.15, -0.1) is 0 Å². The van der Waals surface area contributed by atoms with Gasteiger partial charge in [-0.2, -0.15) is 13.2 Å². The first-order valence-corrected chi connectivity index (χ1v) is 9.89. The molecule has 3 nitrogen and oxygen atoms in total. The molecule has 4 rings (SSSR count). The maximum atomic E-state index is 13.2. The standard InChI is InChI=1S/C24H18ClF3N2O/c1-14-7-8-16-9-11-18(23(31)22(16)29-14)21(15-5-3-2-4-6-15)30-20-13-17(24(26,27)28)10-12-19(20)25/h2-13,21,30-31H,1H3. The zero-order valence-electron chi connectivity index (χ0n) is 16.4. The molecule has 1 heterocycles. The van der Waals surface area contributed by atoms with Crippen LogP contribution < -0.4 is 5.32 Å². The third kappa shape index (κ3) is 4.30. The molecule has 2 N–H and O–H groups in total. The first-order valence-electron chi connectivity index (χ1n) is 9.51. The van der Waals surface area contributed by atoms with Crippen LogP contribution in [0.5, 0.6) is 5.75 Å². The van der Waals surface area contributed by atoms with Crippen LogP contribution in [0.25, 0.3) is 10.9 Å². The Morgan fingerprint density at radius 3 is 2.39 bits per heavy atom. The largest absolute Gasteiger partial charge is 0.505 e. The second kappa shape index (κ2) is 8.12. The third-order valence-corrected chi connectivity index (χ3v) is 5.37. The topological polar surface area (TPSA) is 45.1 Å². The number of nitrogens with zero attached hydrogens (tertiary/aromatic N) is 1. The van der Waals surface area contributed by atoms with Crippen molar-refractivity contribution >= 4 is 28.2 Å². The Kier molecular flexibility index (Phi) is 5.50. The number of alkyl halides is 3. The number of halogens is 4. The van der Waals surface area contributed by atoms with E-state index in [2.05, 4.69) is 10.3 Å². The lowest BCUT2D eigenvalue weighted by Gasteiger charge is -2.24. The van der Waals surface area contributed by atoms with Gasteiger partial charge in [0.2, 0.25) is 0 Å². The number of rotatable bonds is 4. The quantitative estimate of drug-likeness (QED) is 0.353. The van der Waals surface area contributed by atoms with E-state index in [9.17, 15) is 18.3 Å². The highest BCUT2D eigenvalue weighted by Crippen LogP contribution is 2.39. The van der Waals surface area contributed by atoms with E-state index >= 15 is 0 Å². The van der Waals surface area contributed by atoms with Crippen LogP contribution in [-0.2, 0) is 6.18 Å². The fourth-order valence-electron chi connectivity index (χ4n) is 3.47. The van der Waals surface area contributed by atoms with E-state index in [1.807, 2.05) is 55.5 Å². The molecular weight excluding hydrogens is 425 g/mol. The van der Waals surface area contributed by atoms with Gasteiger partial charge in [0.15, 0.2) is 0 Å². The molecule has 1 unspecified atom stereocenters. The van der Waals surface area contributed by atoms with Gasteiger partial charge in [0.25, 0.3) is 0 Å². The monoisotopic (exact) mass is 442 g/mol. The molecule has 0 amide bonds. The normalized spacial score (nSPS) is 12.7. The summed E-state index contributed by atoms with van der Waals surface area (Å²) < 4.78 is 39.7. The summed E-state index contributed by atoms with van der Waals surface area (Å²) in [5, 5.41) is 15.0. The lowest BCUT2D eigenvalue weighted by molar-refractivity contribution is -0.137. The maximum absolute atomic E-state index is 13.2. The minimum Gasteiger partial charge on any atom is -0.505 e. The molecular formula is C24H18ClF3N2O. The van der Waals surface area contributed by atoms with Crippen molar-refractivity contribution in [2.45, 2.75) is 19.1 Å². The van der Waals surface area contributed by atoms with Gasteiger partial charge in [-0.25, -0.2) is 4.98 Å². The fraction of sp³-hybridized carbons (Fsp3) is 0.125. The number of aromatic nitrogens is 1. The van der Waals surface area contributed by atoms with Crippen molar-refractivity contribution < 1.29 is 18.3 Å². The Hall–Kier alpha value is -3.25. The van der Waals surface area contributed by atoms with Crippen molar-refractivity contribution in [1.82, 2.24) is 4.98 Å². The molecule has 3 aromatic carbocycles. The molecule has 0 bridgehead atoms. The fourth-order valence-corrected chi connectivity index (χ4v) is 3.65. The van der Waals surface area contributed by atoms with E-state index in [0.29, 0.717) is 11.1 Å². The molecule has 7 heteroatoms. The molecule has 4 aromatic rings. The molecule has 0 saturated heterocycles. The number of hydrogen-bond acceptors (Lipinski definition) is 3. The molecule has 0 aliphatic carbocycles. The average molecular weight is 443 g/mol. The Morgan fingerprint density at radius 1 is 0.968 bits per heavy atom. The molecule has 0 radical (unpaired) electrons. The van der Waals surface area contributed by atoms with Crippen molar-refractivity contribution in [3.05, 3.63) is 100 Å². The Labute approximate surface area is 182 Å². The minimum atomic E-state index is -4.50. The smallest absolute Gasteiger partial charge is 0.416 e. The number of hydrogen-bond donors (Lipinski definition) is 2. The van der Waals surface area contributed by atoms with Gasteiger partial charge in [-0.05, 0) is 36.8 Å². The van der Waals surface area contributed by atoms with Gasteiger partial charge >= 0.3 is 6.18 Å². The highest BCUT2D eigenvalue weighted by atomic mass is 35.5. The Morgan fingerprint density at radius 2 is 1.68 bits per heavy atom. The van der Waals surface area contributed by atoms with Gasteiger partial charge in [0, 0.05) is 16.6 Å². The number of phenols is 1. The second-order valence-corrected chi connectivity index (χ2v) is 7.62. The lowest BCUT2D eigenvalue weighted by atomic mass is 9.95. The summed E-state index contributed by atoms with van der Waals surface area (Å²) in [6, 6.07) is 18.8. The summed E-state index contributed by atoms with van der Waals surface area (Å²) in [7, 11) is 0. The van der Waals surface area contributed by atoms with Crippen LogP contribution in [0, 0.1) is 6.92 Å². The SMILES string of the molecule is Cc1ccc2ccc(C(Nc3cc(C(F)(F)F)ccc3Cl)c3ccccc3)c(O)c2n1. The minimum absolute atomic E-state index is 0.0364. The molecule has 0 spiro atoms. The molecule has 31 heavy (non-hydrogen) atoms. The van der Waals surface area contributed by atoms with Crippen LogP contribution in [0.15, 0.2) is 72.8 Å². The van der Waals surface area contributed by atoms with Gasteiger partial charge in [0.05, 0.1) is 22.3 Å². The summed E-state index contributed by atoms with van der Waals surface area (Å²) in [5.74, 6) is -0.0364. The van der Waals surface area contributed by atoms with Crippen molar-refractivity contribution in [2.24, 2.45) is 0 Å². The molecule has 0 saturated carbocycles. The van der Waals surface area contributed by atoms with Crippen LogP contribution in [0.4, 0.5) is 18.9 Å². The predicted octanol–water partition coefficient (Wildman–Crippen LogP) is 7.12. The predicted molar refractivity (Wildman–Crippen MR) is 117 cm³/mol. The number of aryl methyl sites for hydroxylation is 1. The summed E-state index contributed by atoms with van der Waals surface area (Å²) in [4.78, 5) is 4.43. The second-order valence-electron chi connectivity index (χ2n) is 7.21. The van der Waals surface area contributed by atoms with E-state index < -0.39 is 17.8 Å². The van der Waals surface area contributed by atoms with Gasteiger partial charge < -0.3 is 10.4 Å². The van der Waals surface area contributed by atoms with Crippen LogP contribution in [0.2, 0.25) is 5.02 Å². The number of benzene rings is 3. The first-order chi connectivity index (χ1) is 14.7. The van der Waals surface area contributed by atoms with Crippen molar-refractivity contribution in [2.75, 3.05) is 5.32 Å². The highest BCUT2D eigenvalue weighted by Gasteiger charge is 2.31.